The fraction of sp³-hybridized carbons (Fsp3) is 0.333. The monoisotopic (exact) mass is 407 g/mol. The van der Waals surface area contributed by atoms with Gasteiger partial charge in [0.05, 0.1) is 29.8 Å². The van der Waals surface area contributed by atoms with E-state index in [1.807, 2.05) is 45.1 Å². The van der Waals surface area contributed by atoms with Crippen LogP contribution in [0.5, 0.6) is 0 Å². The molecule has 29 heavy (non-hydrogen) atoms. The highest BCUT2D eigenvalue weighted by atomic mass is 35.5. The van der Waals surface area contributed by atoms with Crippen LogP contribution in [0, 0.1) is 13.8 Å². The molecular weight excluding hydrogens is 382 g/mol. The Balaban J connectivity index is 1.93. The summed E-state index contributed by atoms with van der Waals surface area (Å²) in [4.78, 5) is 4.53. The standard InChI is InChI=1S/C24H26ClN3O/c1-5-6-18-14-20(7-8-22(18)25)28-23-13-17(4)29-10-9-21(23)24(27-28)19-11-15(2)26-16(3)12-19/h5-8,11-12,14,17H,9-10,13H2,1-4H3/b6-5-/t17-/m1/s1. The van der Waals surface area contributed by atoms with Crippen LogP contribution in [0.25, 0.3) is 23.0 Å². The Bertz CT molecular complexity index is 1060. The zero-order valence-electron chi connectivity index (χ0n) is 17.4. The van der Waals surface area contributed by atoms with Crippen LogP contribution in [-0.2, 0) is 17.6 Å². The SMILES string of the molecule is C/C=C\c1cc(-n2nc(-c3cc(C)nc(C)c3)c3c2C[C@@H](C)OCC3)ccc1Cl. The number of hydrogen-bond acceptors (Lipinski definition) is 3. The fourth-order valence-electron chi connectivity index (χ4n) is 4.04. The molecule has 1 aliphatic rings. The van der Waals surface area contributed by atoms with Gasteiger partial charge in [0.1, 0.15) is 0 Å². The van der Waals surface area contributed by atoms with E-state index in [2.05, 4.69) is 34.8 Å². The molecule has 0 aliphatic carbocycles. The number of fused-ring (bicyclic) bond motifs is 1. The lowest BCUT2D eigenvalue weighted by molar-refractivity contribution is 0.0735. The van der Waals surface area contributed by atoms with Crippen LogP contribution in [0.1, 0.15) is 42.1 Å². The number of nitrogens with zero attached hydrogens (tertiary/aromatic N) is 3. The number of halogens is 1. The van der Waals surface area contributed by atoms with Crippen LogP contribution >= 0.6 is 11.6 Å². The quantitative estimate of drug-likeness (QED) is 0.555. The lowest BCUT2D eigenvalue weighted by Gasteiger charge is -2.12. The molecule has 1 aliphatic heterocycles. The Kier molecular flexibility index (Phi) is 5.57. The summed E-state index contributed by atoms with van der Waals surface area (Å²) in [6.07, 6.45) is 5.86. The van der Waals surface area contributed by atoms with E-state index < -0.39 is 0 Å². The van der Waals surface area contributed by atoms with Crippen LogP contribution < -0.4 is 0 Å². The molecular formula is C24H26ClN3O. The van der Waals surface area contributed by atoms with Crippen molar-refractivity contribution >= 4 is 17.7 Å². The van der Waals surface area contributed by atoms with Crippen molar-refractivity contribution in [1.82, 2.24) is 14.8 Å². The van der Waals surface area contributed by atoms with Gasteiger partial charge in [-0.1, -0.05) is 23.8 Å². The lowest BCUT2D eigenvalue weighted by atomic mass is 10.0. The molecule has 3 aromatic rings. The summed E-state index contributed by atoms with van der Waals surface area (Å²) in [5, 5.41) is 5.83. The third-order valence-electron chi connectivity index (χ3n) is 5.25. The largest absolute Gasteiger partial charge is 0.378 e. The number of ether oxygens (including phenoxy) is 1. The number of aryl methyl sites for hydroxylation is 2. The molecule has 0 radical (unpaired) electrons. The van der Waals surface area contributed by atoms with Crippen molar-refractivity contribution in [3.63, 3.8) is 0 Å². The van der Waals surface area contributed by atoms with Crippen LogP contribution in [0.3, 0.4) is 0 Å². The molecule has 1 atom stereocenters. The zero-order valence-corrected chi connectivity index (χ0v) is 18.1. The van der Waals surface area contributed by atoms with Crippen molar-refractivity contribution in [2.45, 2.75) is 46.6 Å². The first-order chi connectivity index (χ1) is 14.0. The summed E-state index contributed by atoms with van der Waals surface area (Å²) < 4.78 is 8.04. The maximum atomic E-state index is 6.38. The van der Waals surface area contributed by atoms with E-state index in [9.17, 15) is 0 Å². The van der Waals surface area contributed by atoms with E-state index in [1.54, 1.807) is 0 Å². The molecule has 0 amide bonds. The van der Waals surface area contributed by atoms with Crippen molar-refractivity contribution in [3.8, 4) is 16.9 Å². The van der Waals surface area contributed by atoms with Gasteiger partial charge in [-0.25, -0.2) is 4.68 Å². The number of allylic oxidation sites excluding steroid dienone is 1. The van der Waals surface area contributed by atoms with Crippen molar-refractivity contribution < 1.29 is 4.74 Å². The summed E-state index contributed by atoms with van der Waals surface area (Å²) in [7, 11) is 0. The summed E-state index contributed by atoms with van der Waals surface area (Å²) in [6, 6.07) is 10.3. The number of hydrogen-bond donors (Lipinski definition) is 0. The molecule has 4 rings (SSSR count). The Morgan fingerprint density at radius 2 is 1.93 bits per heavy atom. The highest BCUT2D eigenvalue weighted by Crippen LogP contribution is 2.32. The van der Waals surface area contributed by atoms with Gasteiger partial charge in [-0.2, -0.15) is 5.10 Å². The fourth-order valence-corrected chi connectivity index (χ4v) is 4.22. The maximum absolute atomic E-state index is 6.38. The average molecular weight is 408 g/mol. The van der Waals surface area contributed by atoms with Gasteiger partial charge >= 0.3 is 0 Å². The lowest BCUT2D eigenvalue weighted by Crippen LogP contribution is -2.13. The van der Waals surface area contributed by atoms with Crippen LogP contribution in [-0.4, -0.2) is 27.5 Å². The van der Waals surface area contributed by atoms with Gasteiger partial charge in [0.15, 0.2) is 0 Å². The van der Waals surface area contributed by atoms with Crippen LogP contribution in [0.4, 0.5) is 0 Å². The maximum Gasteiger partial charge on any atom is 0.0964 e. The molecule has 3 heterocycles. The van der Waals surface area contributed by atoms with Gasteiger partial charge in [0.25, 0.3) is 0 Å². The first-order valence-electron chi connectivity index (χ1n) is 10.1. The topological polar surface area (TPSA) is 39.9 Å². The van der Waals surface area contributed by atoms with Crippen molar-refractivity contribution in [1.29, 1.82) is 0 Å². The highest BCUT2D eigenvalue weighted by Gasteiger charge is 2.25. The number of rotatable bonds is 3. The third kappa shape index (κ3) is 4.00. The Morgan fingerprint density at radius 1 is 1.17 bits per heavy atom. The normalized spacial score (nSPS) is 16.8. The van der Waals surface area contributed by atoms with Crippen molar-refractivity contribution in [3.05, 3.63) is 69.6 Å². The second-order valence-corrected chi connectivity index (χ2v) is 8.07. The van der Waals surface area contributed by atoms with E-state index in [-0.39, 0.29) is 6.10 Å². The van der Waals surface area contributed by atoms with Crippen LogP contribution in [0.15, 0.2) is 36.4 Å². The molecule has 4 nitrogen and oxygen atoms in total. The first-order valence-corrected chi connectivity index (χ1v) is 10.4. The molecule has 1 aromatic carbocycles. The summed E-state index contributed by atoms with van der Waals surface area (Å²) in [6.45, 7) is 8.88. The Hall–Kier alpha value is -2.43. The van der Waals surface area contributed by atoms with E-state index in [0.29, 0.717) is 6.61 Å². The summed E-state index contributed by atoms with van der Waals surface area (Å²) >= 11 is 6.38. The summed E-state index contributed by atoms with van der Waals surface area (Å²) in [5.41, 5.74) is 8.63. The second kappa shape index (κ2) is 8.13. The molecule has 0 N–H and O–H groups in total. The average Bonchev–Trinajstić information content (AvgIpc) is 2.90. The molecule has 0 fully saturated rings. The molecule has 0 saturated heterocycles. The molecule has 2 aromatic heterocycles. The minimum Gasteiger partial charge on any atom is -0.378 e. The predicted octanol–water partition coefficient (Wildman–Crippen LogP) is 5.74. The molecule has 0 unspecified atom stereocenters. The van der Waals surface area contributed by atoms with Gasteiger partial charge < -0.3 is 4.74 Å². The van der Waals surface area contributed by atoms with E-state index in [4.69, 9.17) is 21.4 Å². The van der Waals surface area contributed by atoms with Crippen molar-refractivity contribution in [2.75, 3.05) is 6.61 Å². The second-order valence-electron chi connectivity index (χ2n) is 7.67. The number of pyridine rings is 1. The predicted molar refractivity (Wildman–Crippen MR) is 119 cm³/mol. The summed E-state index contributed by atoms with van der Waals surface area (Å²) in [5.74, 6) is 0. The molecule has 0 bridgehead atoms. The minimum atomic E-state index is 0.155. The third-order valence-corrected chi connectivity index (χ3v) is 5.59. The van der Waals surface area contributed by atoms with E-state index in [0.717, 1.165) is 51.8 Å². The van der Waals surface area contributed by atoms with Crippen molar-refractivity contribution in [2.24, 2.45) is 0 Å². The van der Waals surface area contributed by atoms with Gasteiger partial charge in [0.2, 0.25) is 0 Å². The smallest absolute Gasteiger partial charge is 0.0964 e. The van der Waals surface area contributed by atoms with Gasteiger partial charge in [-0.05, 0) is 70.0 Å². The first kappa shape index (κ1) is 19.9. The molecule has 150 valence electrons. The molecule has 0 saturated carbocycles. The van der Waals surface area contributed by atoms with E-state index in [1.165, 1.54) is 11.3 Å². The zero-order chi connectivity index (χ0) is 20.5. The number of aromatic nitrogens is 3. The number of benzene rings is 1. The van der Waals surface area contributed by atoms with Gasteiger partial charge in [-0.3, -0.25) is 4.98 Å². The van der Waals surface area contributed by atoms with Gasteiger partial charge in [0, 0.05) is 34.0 Å². The Labute approximate surface area is 177 Å². The minimum absolute atomic E-state index is 0.155. The molecule has 0 spiro atoms. The molecule has 5 heteroatoms. The highest BCUT2D eigenvalue weighted by molar-refractivity contribution is 6.32. The van der Waals surface area contributed by atoms with E-state index >= 15 is 0 Å². The van der Waals surface area contributed by atoms with Gasteiger partial charge in [-0.15, -0.1) is 0 Å². The van der Waals surface area contributed by atoms with Crippen LogP contribution in [0.2, 0.25) is 5.02 Å². The Morgan fingerprint density at radius 3 is 2.66 bits per heavy atom.